The van der Waals surface area contributed by atoms with Gasteiger partial charge in [0.25, 0.3) is 5.91 Å². The first-order chi connectivity index (χ1) is 13.3. The average Bonchev–Trinajstić information content (AvgIpc) is 2.68. The number of carbonyl (C=O) groups excluding carboxylic acids is 1. The summed E-state index contributed by atoms with van der Waals surface area (Å²) >= 11 is 5.65. The summed E-state index contributed by atoms with van der Waals surface area (Å²) in [5, 5.41) is 2.22. The van der Waals surface area contributed by atoms with E-state index in [1.54, 1.807) is 12.1 Å². The number of alkyl halides is 3. The van der Waals surface area contributed by atoms with Gasteiger partial charge >= 0.3 is 6.18 Å². The molecule has 7 heteroatoms. The van der Waals surface area contributed by atoms with Crippen LogP contribution in [0.2, 0.25) is 5.02 Å². The number of anilines is 1. The van der Waals surface area contributed by atoms with Gasteiger partial charge in [0.15, 0.2) is 0 Å². The van der Waals surface area contributed by atoms with Crippen molar-refractivity contribution in [3.8, 4) is 5.75 Å². The number of ether oxygens (including phenoxy) is 1. The fourth-order valence-corrected chi connectivity index (χ4v) is 2.69. The lowest BCUT2D eigenvalue weighted by Crippen LogP contribution is -2.16. The number of benzene rings is 3. The quantitative estimate of drug-likeness (QED) is 0.549. The number of carbonyl (C=O) groups is 1. The van der Waals surface area contributed by atoms with Crippen LogP contribution in [0.1, 0.15) is 21.5 Å². The molecule has 144 valence electrons. The molecule has 0 atom stereocenters. The Morgan fingerprint density at radius 3 is 2.43 bits per heavy atom. The second-order valence-corrected chi connectivity index (χ2v) is 6.38. The van der Waals surface area contributed by atoms with Gasteiger partial charge in [0, 0.05) is 10.6 Å². The summed E-state index contributed by atoms with van der Waals surface area (Å²) in [7, 11) is 0. The standard InChI is InChI=1S/C21H15ClF3NO2/c22-16-9-10-19(18(12-16)21(23,24)25)26-20(27)15-7-4-8-17(11-15)28-13-14-5-2-1-3-6-14/h1-12H,13H2,(H,26,27). The topological polar surface area (TPSA) is 38.3 Å². The van der Waals surface area contributed by atoms with Gasteiger partial charge in [0.1, 0.15) is 12.4 Å². The molecule has 3 rings (SSSR count). The highest BCUT2D eigenvalue weighted by Crippen LogP contribution is 2.36. The summed E-state index contributed by atoms with van der Waals surface area (Å²) in [5.74, 6) is -0.248. The van der Waals surface area contributed by atoms with Gasteiger partial charge in [-0.25, -0.2) is 0 Å². The van der Waals surface area contributed by atoms with E-state index in [2.05, 4.69) is 5.32 Å². The molecule has 0 saturated heterocycles. The molecule has 0 radical (unpaired) electrons. The number of nitrogens with one attached hydrogen (secondary N) is 1. The maximum Gasteiger partial charge on any atom is 0.418 e. The van der Waals surface area contributed by atoms with E-state index in [4.69, 9.17) is 16.3 Å². The lowest BCUT2D eigenvalue weighted by Gasteiger charge is -2.14. The largest absolute Gasteiger partial charge is 0.489 e. The summed E-state index contributed by atoms with van der Waals surface area (Å²) in [4.78, 5) is 12.4. The second-order valence-electron chi connectivity index (χ2n) is 5.94. The summed E-state index contributed by atoms with van der Waals surface area (Å²) in [6, 6.07) is 18.9. The van der Waals surface area contributed by atoms with Crippen molar-refractivity contribution in [2.45, 2.75) is 12.8 Å². The highest BCUT2D eigenvalue weighted by atomic mass is 35.5. The van der Waals surface area contributed by atoms with Crippen molar-refractivity contribution in [3.63, 3.8) is 0 Å². The van der Waals surface area contributed by atoms with Crippen LogP contribution in [0.4, 0.5) is 18.9 Å². The molecule has 0 aromatic heterocycles. The minimum Gasteiger partial charge on any atom is -0.489 e. The van der Waals surface area contributed by atoms with Gasteiger partial charge in [-0.2, -0.15) is 13.2 Å². The molecule has 3 aromatic carbocycles. The van der Waals surface area contributed by atoms with Crippen molar-refractivity contribution < 1.29 is 22.7 Å². The van der Waals surface area contributed by atoms with E-state index in [0.717, 1.165) is 17.7 Å². The van der Waals surface area contributed by atoms with Crippen molar-refractivity contribution in [3.05, 3.63) is 94.5 Å². The van der Waals surface area contributed by atoms with Crippen LogP contribution in [-0.2, 0) is 12.8 Å². The van der Waals surface area contributed by atoms with Gasteiger partial charge in [-0.3, -0.25) is 4.79 Å². The minimum absolute atomic E-state index is 0.0679. The van der Waals surface area contributed by atoms with E-state index in [0.29, 0.717) is 12.4 Å². The molecule has 3 aromatic rings. The van der Waals surface area contributed by atoms with Gasteiger partial charge in [0.2, 0.25) is 0 Å². The average molecular weight is 406 g/mol. The molecule has 0 saturated carbocycles. The predicted octanol–water partition coefficient (Wildman–Crippen LogP) is 6.19. The highest BCUT2D eigenvalue weighted by molar-refractivity contribution is 6.30. The molecule has 0 fully saturated rings. The van der Waals surface area contributed by atoms with Crippen LogP contribution in [0.25, 0.3) is 0 Å². The van der Waals surface area contributed by atoms with Crippen LogP contribution >= 0.6 is 11.6 Å². The third-order valence-electron chi connectivity index (χ3n) is 3.88. The number of hydrogen-bond donors (Lipinski definition) is 1. The smallest absolute Gasteiger partial charge is 0.418 e. The Morgan fingerprint density at radius 1 is 0.964 bits per heavy atom. The first-order valence-corrected chi connectivity index (χ1v) is 8.65. The first-order valence-electron chi connectivity index (χ1n) is 8.28. The van der Waals surface area contributed by atoms with Crippen molar-refractivity contribution in [2.24, 2.45) is 0 Å². The zero-order valence-electron chi connectivity index (χ0n) is 14.5. The van der Waals surface area contributed by atoms with Crippen molar-refractivity contribution in [2.75, 3.05) is 5.32 Å². The second kappa shape index (κ2) is 8.35. The molecular formula is C21H15ClF3NO2. The zero-order valence-corrected chi connectivity index (χ0v) is 15.2. The fourth-order valence-electron chi connectivity index (χ4n) is 2.52. The SMILES string of the molecule is O=C(Nc1ccc(Cl)cc1C(F)(F)F)c1cccc(OCc2ccccc2)c1. The summed E-state index contributed by atoms with van der Waals surface area (Å²) in [5.41, 5.74) is -0.246. The predicted molar refractivity (Wildman–Crippen MR) is 102 cm³/mol. The highest BCUT2D eigenvalue weighted by Gasteiger charge is 2.34. The van der Waals surface area contributed by atoms with Gasteiger partial charge in [-0.1, -0.05) is 48.0 Å². The number of halogens is 4. The van der Waals surface area contributed by atoms with Gasteiger partial charge in [-0.15, -0.1) is 0 Å². The van der Waals surface area contributed by atoms with E-state index in [1.165, 1.54) is 18.2 Å². The number of rotatable bonds is 5. The number of amides is 1. The molecule has 0 spiro atoms. The van der Waals surface area contributed by atoms with E-state index in [-0.39, 0.29) is 16.3 Å². The van der Waals surface area contributed by atoms with E-state index < -0.39 is 17.6 Å². The van der Waals surface area contributed by atoms with Gasteiger partial charge < -0.3 is 10.1 Å². The van der Waals surface area contributed by atoms with E-state index in [9.17, 15) is 18.0 Å². The Kier molecular flexibility index (Phi) is 5.90. The van der Waals surface area contributed by atoms with Gasteiger partial charge in [-0.05, 0) is 42.0 Å². The number of hydrogen-bond acceptors (Lipinski definition) is 2. The summed E-state index contributed by atoms with van der Waals surface area (Å²) in [6.07, 6.45) is -4.64. The van der Waals surface area contributed by atoms with Crippen LogP contribution in [0, 0.1) is 0 Å². The lowest BCUT2D eigenvalue weighted by molar-refractivity contribution is -0.136. The van der Waals surface area contributed by atoms with Crippen molar-refractivity contribution in [1.29, 1.82) is 0 Å². The van der Waals surface area contributed by atoms with E-state index in [1.807, 2.05) is 30.3 Å². The maximum atomic E-state index is 13.2. The molecule has 0 aliphatic carbocycles. The van der Waals surface area contributed by atoms with Crippen LogP contribution in [0.5, 0.6) is 5.75 Å². The molecule has 0 unspecified atom stereocenters. The van der Waals surface area contributed by atoms with Crippen molar-refractivity contribution in [1.82, 2.24) is 0 Å². The molecule has 3 nitrogen and oxygen atoms in total. The van der Waals surface area contributed by atoms with Crippen LogP contribution in [-0.4, -0.2) is 5.91 Å². The molecule has 0 aliphatic heterocycles. The summed E-state index contributed by atoms with van der Waals surface area (Å²) < 4.78 is 45.2. The third-order valence-corrected chi connectivity index (χ3v) is 4.11. The lowest BCUT2D eigenvalue weighted by atomic mass is 10.1. The summed E-state index contributed by atoms with van der Waals surface area (Å²) in [6.45, 7) is 0.307. The van der Waals surface area contributed by atoms with Crippen LogP contribution in [0.15, 0.2) is 72.8 Å². The maximum absolute atomic E-state index is 13.2. The fraction of sp³-hybridized carbons (Fsp3) is 0.0952. The molecule has 1 N–H and O–H groups in total. The monoisotopic (exact) mass is 405 g/mol. The molecule has 0 heterocycles. The van der Waals surface area contributed by atoms with Gasteiger partial charge in [0.05, 0.1) is 11.3 Å². The molecule has 28 heavy (non-hydrogen) atoms. The zero-order chi connectivity index (χ0) is 20.1. The Balaban J connectivity index is 1.75. The van der Waals surface area contributed by atoms with Crippen molar-refractivity contribution >= 4 is 23.2 Å². The van der Waals surface area contributed by atoms with E-state index >= 15 is 0 Å². The third kappa shape index (κ3) is 5.04. The minimum atomic E-state index is -4.64. The molecule has 1 amide bonds. The Hall–Kier alpha value is -2.99. The Morgan fingerprint density at radius 2 is 1.71 bits per heavy atom. The molecule has 0 bridgehead atoms. The Labute approximate surface area is 164 Å². The first kappa shape index (κ1) is 19.8. The van der Waals surface area contributed by atoms with Crippen LogP contribution < -0.4 is 10.1 Å². The normalized spacial score (nSPS) is 11.1. The Bertz CT molecular complexity index is 975. The molecule has 0 aliphatic rings. The van der Waals surface area contributed by atoms with Crippen LogP contribution in [0.3, 0.4) is 0 Å². The molecular weight excluding hydrogens is 391 g/mol.